The van der Waals surface area contributed by atoms with Gasteiger partial charge in [-0.3, -0.25) is 0 Å². The highest BCUT2D eigenvalue weighted by atomic mass is 35.5. The first kappa shape index (κ1) is 11.4. The van der Waals surface area contributed by atoms with Crippen LogP contribution < -0.4 is 0 Å². The van der Waals surface area contributed by atoms with Crippen molar-refractivity contribution in [2.45, 2.75) is 13.3 Å². The predicted molar refractivity (Wildman–Crippen MR) is 59.5 cm³/mol. The fourth-order valence-corrected chi connectivity index (χ4v) is 1.17. The van der Waals surface area contributed by atoms with Gasteiger partial charge in [0.1, 0.15) is 5.15 Å². The summed E-state index contributed by atoms with van der Waals surface area (Å²) in [4.78, 5) is 6.70. The summed E-state index contributed by atoms with van der Waals surface area (Å²) in [5.41, 5.74) is 9.59. The van der Waals surface area contributed by atoms with Crippen molar-refractivity contribution in [2.75, 3.05) is 6.54 Å². The molecule has 0 aliphatic heterocycles. The lowest BCUT2D eigenvalue weighted by molar-refractivity contribution is 1.01. The SMILES string of the molecule is Cc1ccc(C#CCCN=[N+]=[N-])c(Cl)n1. The van der Waals surface area contributed by atoms with Gasteiger partial charge in [0.2, 0.25) is 0 Å². The summed E-state index contributed by atoms with van der Waals surface area (Å²) in [6.07, 6.45) is 0.522. The molecule has 1 heterocycles. The van der Waals surface area contributed by atoms with E-state index in [1.54, 1.807) is 0 Å². The summed E-state index contributed by atoms with van der Waals surface area (Å²) < 4.78 is 0. The van der Waals surface area contributed by atoms with Gasteiger partial charge in [-0.25, -0.2) is 4.98 Å². The summed E-state index contributed by atoms with van der Waals surface area (Å²) in [7, 11) is 0. The number of rotatable bonds is 2. The summed E-state index contributed by atoms with van der Waals surface area (Å²) in [5, 5.41) is 3.78. The number of aryl methyl sites for hydroxylation is 1. The average molecular weight is 221 g/mol. The molecule has 0 aliphatic carbocycles. The zero-order valence-corrected chi connectivity index (χ0v) is 8.99. The van der Waals surface area contributed by atoms with Gasteiger partial charge in [0.25, 0.3) is 0 Å². The largest absolute Gasteiger partial charge is 0.240 e. The van der Waals surface area contributed by atoms with Crippen molar-refractivity contribution in [1.29, 1.82) is 0 Å². The molecule has 0 bridgehead atoms. The Bertz CT molecular complexity index is 452. The van der Waals surface area contributed by atoms with E-state index in [4.69, 9.17) is 17.1 Å². The van der Waals surface area contributed by atoms with Crippen molar-refractivity contribution in [1.82, 2.24) is 4.98 Å². The van der Waals surface area contributed by atoms with Crippen LogP contribution in [0.15, 0.2) is 17.2 Å². The Labute approximate surface area is 92.9 Å². The maximum atomic E-state index is 8.04. The third kappa shape index (κ3) is 3.90. The molecule has 0 radical (unpaired) electrons. The molecular weight excluding hydrogens is 212 g/mol. The van der Waals surface area contributed by atoms with E-state index in [0.29, 0.717) is 23.7 Å². The van der Waals surface area contributed by atoms with E-state index in [2.05, 4.69) is 26.9 Å². The van der Waals surface area contributed by atoms with Gasteiger partial charge in [-0.2, -0.15) is 0 Å². The molecule has 76 valence electrons. The van der Waals surface area contributed by atoms with Crippen LogP contribution in [0.25, 0.3) is 10.4 Å². The standard InChI is InChI=1S/C10H9ClN4/c1-8-5-6-9(10(11)14-8)4-2-3-7-13-15-12/h5-6H,3,7H2,1H3. The molecule has 0 aliphatic rings. The van der Waals surface area contributed by atoms with Crippen LogP contribution in [0.1, 0.15) is 17.7 Å². The Morgan fingerprint density at radius 3 is 3.07 bits per heavy atom. The normalized spacial score (nSPS) is 8.67. The van der Waals surface area contributed by atoms with E-state index in [1.165, 1.54) is 0 Å². The number of halogens is 1. The smallest absolute Gasteiger partial charge is 0.144 e. The number of nitrogens with zero attached hydrogens (tertiary/aromatic N) is 4. The van der Waals surface area contributed by atoms with Gasteiger partial charge < -0.3 is 0 Å². The summed E-state index contributed by atoms with van der Waals surface area (Å²) in [6, 6.07) is 3.68. The first-order chi connectivity index (χ1) is 7.24. The third-order valence-corrected chi connectivity index (χ3v) is 1.90. The molecule has 0 atom stereocenters. The Morgan fingerprint density at radius 2 is 2.40 bits per heavy atom. The Kier molecular flexibility index (Phi) is 4.49. The number of hydrogen-bond acceptors (Lipinski definition) is 2. The lowest BCUT2D eigenvalue weighted by atomic mass is 10.2. The summed E-state index contributed by atoms with van der Waals surface area (Å²) in [5.74, 6) is 5.73. The topological polar surface area (TPSA) is 61.7 Å². The predicted octanol–water partition coefficient (Wildman–Crippen LogP) is 3.10. The fourth-order valence-electron chi connectivity index (χ4n) is 0.927. The fraction of sp³-hybridized carbons (Fsp3) is 0.300. The second-order valence-corrected chi connectivity index (χ2v) is 3.16. The monoisotopic (exact) mass is 220 g/mol. The minimum Gasteiger partial charge on any atom is -0.240 e. The molecule has 0 unspecified atom stereocenters. The molecule has 1 aromatic rings. The van der Waals surface area contributed by atoms with Crippen LogP contribution >= 0.6 is 11.6 Å². The molecule has 0 spiro atoms. The van der Waals surface area contributed by atoms with Crippen LogP contribution in [0.4, 0.5) is 0 Å². The van der Waals surface area contributed by atoms with Crippen LogP contribution in [0.2, 0.25) is 5.15 Å². The zero-order chi connectivity index (χ0) is 11.1. The van der Waals surface area contributed by atoms with E-state index < -0.39 is 0 Å². The minimum absolute atomic E-state index is 0.375. The van der Waals surface area contributed by atoms with Gasteiger partial charge in [-0.05, 0) is 24.6 Å². The van der Waals surface area contributed by atoms with Crippen molar-refractivity contribution in [2.24, 2.45) is 5.11 Å². The van der Waals surface area contributed by atoms with Crippen LogP contribution in [0, 0.1) is 18.8 Å². The van der Waals surface area contributed by atoms with E-state index >= 15 is 0 Å². The first-order valence-electron chi connectivity index (χ1n) is 4.37. The van der Waals surface area contributed by atoms with Gasteiger partial charge >= 0.3 is 0 Å². The third-order valence-electron chi connectivity index (χ3n) is 1.61. The Morgan fingerprint density at radius 1 is 1.60 bits per heavy atom. The molecule has 15 heavy (non-hydrogen) atoms. The number of azide groups is 1. The molecule has 0 N–H and O–H groups in total. The van der Waals surface area contributed by atoms with Crippen LogP contribution in [0.3, 0.4) is 0 Å². The second kappa shape index (κ2) is 5.92. The van der Waals surface area contributed by atoms with Gasteiger partial charge in [0.05, 0.1) is 5.56 Å². The van der Waals surface area contributed by atoms with Crippen molar-refractivity contribution in [3.8, 4) is 11.8 Å². The molecule has 0 aromatic carbocycles. The lowest BCUT2D eigenvalue weighted by Crippen LogP contribution is -1.85. The van der Waals surface area contributed by atoms with Crippen molar-refractivity contribution in [3.63, 3.8) is 0 Å². The Hall–Kier alpha value is -1.69. The number of pyridine rings is 1. The number of aromatic nitrogens is 1. The molecule has 1 rings (SSSR count). The molecule has 4 nitrogen and oxygen atoms in total. The maximum Gasteiger partial charge on any atom is 0.144 e. The average Bonchev–Trinajstić information content (AvgIpc) is 2.20. The molecule has 1 aromatic heterocycles. The van der Waals surface area contributed by atoms with E-state index in [1.807, 2.05) is 19.1 Å². The minimum atomic E-state index is 0.375. The van der Waals surface area contributed by atoms with Gasteiger partial charge in [0.15, 0.2) is 0 Å². The molecule has 0 saturated heterocycles. The van der Waals surface area contributed by atoms with E-state index in [0.717, 1.165) is 5.69 Å². The molecule has 0 amide bonds. The maximum absolute atomic E-state index is 8.04. The van der Waals surface area contributed by atoms with Crippen molar-refractivity contribution < 1.29 is 0 Å². The zero-order valence-electron chi connectivity index (χ0n) is 8.24. The highest BCUT2D eigenvalue weighted by Gasteiger charge is 1.97. The van der Waals surface area contributed by atoms with Gasteiger partial charge in [-0.15, -0.1) is 0 Å². The van der Waals surface area contributed by atoms with Crippen molar-refractivity contribution >= 4 is 11.6 Å². The van der Waals surface area contributed by atoms with Crippen molar-refractivity contribution in [3.05, 3.63) is 39.0 Å². The lowest BCUT2D eigenvalue weighted by Gasteiger charge is -1.95. The quantitative estimate of drug-likeness (QED) is 0.189. The van der Waals surface area contributed by atoms with E-state index in [-0.39, 0.29) is 0 Å². The highest BCUT2D eigenvalue weighted by molar-refractivity contribution is 6.30. The highest BCUT2D eigenvalue weighted by Crippen LogP contribution is 2.11. The summed E-state index contributed by atoms with van der Waals surface area (Å²) >= 11 is 5.87. The molecule has 0 saturated carbocycles. The Balaban J connectivity index is 2.67. The number of hydrogen-bond donors (Lipinski definition) is 0. The molecule has 0 fully saturated rings. The van der Waals surface area contributed by atoms with E-state index in [9.17, 15) is 0 Å². The first-order valence-corrected chi connectivity index (χ1v) is 4.74. The van der Waals surface area contributed by atoms with Crippen LogP contribution in [-0.4, -0.2) is 11.5 Å². The summed E-state index contributed by atoms with van der Waals surface area (Å²) in [6.45, 7) is 2.24. The molecular formula is C10H9ClN4. The van der Waals surface area contributed by atoms with Crippen LogP contribution in [0.5, 0.6) is 0 Å². The molecule has 5 heteroatoms. The van der Waals surface area contributed by atoms with Crippen LogP contribution in [-0.2, 0) is 0 Å². The second-order valence-electron chi connectivity index (χ2n) is 2.80. The van der Waals surface area contributed by atoms with Gasteiger partial charge in [0, 0.05) is 23.6 Å². The van der Waals surface area contributed by atoms with Gasteiger partial charge in [-0.1, -0.05) is 28.6 Å².